The highest BCUT2D eigenvalue weighted by atomic mass is 19.1. The van der Waals surface area contributed by atoms with Crippen LogP contribution in [0.3, 0.4) is 0 Å². The number of halogens is 1. The van der Waals surface area contributed by atoms with Crippen LogP contribution in [0.25, 0.3) is 16.6 Å². The van der Waals surface area contributed by atoms with Gasteiger partial charge in [0.15, 0.2) is 5.82 Å². The monoisotopic (exact) mass is 506 g/mol. The maximum atomic E-state index is 13.2. The number of nitrogens with one attached hydrogen (secondary N) is 3. The van der Waals surface area contributed by atoms with Crippen LogP contribution in [0.5, 0.6) is 5.75 Å². The fourth-order valence-electron chi connectivity index (χ4n) is 3.75. The zero-order chi connectivity index (χ0) is 26.7. The molecule has 0 aliphatic rings. The van der Waals surface area contributed by atoms with Crippen LogP contribution < -0.4 is 26.4 Å². The molecule has 11 nitrogen and oxygen atoms in total. The van der Waals surface area contributed by atoms with Gasteiger partial charge in [-0.15, -0.1) is 0 Å². The van der Waals surface area contributed by atoms with Crippen LogP contribution in [-0.2, 0) is 6.67 Å². The number of methoxy groups -OCH3 is 1. The maximum Gasteiger partial charge on any atom is 0.324 e. The summed E-state index contributed by atoms with van der Waals surface area (Å²) in [7, 11) is 1.46. The van der Waals surface area contributed by atoms with Crippen molar-refractivity contribution in [2.24, 2.45) is 0 Å². The molecule has 4 rings (SSSR count). The van der Waals surface area contributed by atoms with Gasteiger partial charge in [0, 0.05) is 17.3 Å². The number of anilines is 3. The van der Waals surface area contributed by atoms with Crippen LogP contribution >= 0.6 is 0 Å². The Bertz CT molecular complexity index is 1480. The number of pyridine rings is 1. The van der Waals surface area contributed by atoms with E-state index in [2.05, 4.69) is 31.0 Å². The van der Waals surface area contributed by atoms with Gasteiger partial charge < -0.3 is 21.1 Å². The molecule has 192 valence electrons. The summed E-state index contributed by atoms with van der Waals surface area (Å²) in [5.41, 5.74) is 8.18. The minimum atomic E-state index is -0.744. The van der Waals surface area contributed by atoms with Gasteiger partial charge in [-0.3, -0.25) is 10.1 Å². The molecular formula is C25H27FN8O3. The molecule has 0 fully saturated rings. The molecule has 3 heterocycles. The van der Waals surface area contributed by atoms with E-state index in [1.165, 1.54) is 24.0 Å². The van der Waals surface area contributed by atoms with Crippen LogP contribution in [-0.4, -0.2) is 44.2 Å². The number of ether oxygens (including phenoxy) is 1. The lowest BCUT2D eigenvalue weighted by Crippen LogP contribution is -2.40. The van der Waals surface area contributed by atoms with Crippen molar-refractivity contribution in [3.63, 3.8) is 0 Å². The Hall–Kier alpha value is -4.74. The van der Waals surface area contributed by atoms with E-state index < -0.39 is 18.2 Å². The predicted molar refractivity (Wildman–Crippen MR) is 138 cm³/mol. The summed E-state index contributed by atoms with van der Waals surface area (Å²) in [6.07, 6.45) is 2.90. The zero-order valence-corrected chi connectivity index (χ0v) is 20.8. The molecule has 0 saturated carbocycles. The summed E-state index contributed by atoms with van der Waals surface area (Å²) >= 11 is 0. The van der Waals surface area contributed by atoms with E-state index in [1.807, 2.05) is 20.8 Å². The van der Waals surface area contributed by atoms with Crippen molar-refractivity contribution in [1.82, 2.24) is 24.9 Å². The van der Waals surface area contributed by atoms with E-state index in [9.17, 15) is 14.0 Å². The number of nitrogen functional groups attached to an aromatic ring is 1. The van der Waals surface area contributed by atoms with Crippen LogP contribution in [0.1, 0.15) is 36.8 Å². The van der Waals surface area contributed by atoms with Crippen LogP contribution in [0.15, 0.2) is 48.9 Å². The lowest BCUT2D eigenvalue weighted by Gasteiger charge is -2.20. The number of alkyl halides is 1. The Morgan fingerprint density at radius 1 is 1.16 bits per heavy atom. The molecule has 0 aliphatic carbocycles. The number of carbonyl (C=O) groups is 2. The average molecular weight is 507 g/mol. The van der Waals surface area contributed by atoms with Gasteiger partial charge >= 0.3 is 6.03 Å². The summed E-state index contributed by atoms with van der Waals surface area (Å²) in [6, 6.07) is 9.10. The van der Waals surface area contributed by atoms with Gasteiger partial charge in [0.25, 0.3) is 5.91 Å². The molecule has 1 aromatic carbocycles. The highest BCUT2D eigenvalue weighted by Gasteiger charge is 2.25. The molecule has 0 spiro atoms. The van der Waals surface area contributed by atoms with E-state index in [-0.39, 0.29) is 23.2 Å². The second kappa shape index (κ2) is 10.1. The number of urea groups is 1. The number of fused-ring (bicyclic) bond motifs is 1. The Balaban J connectivity index is 1.70. The number of amides is 3. The fraction of sp³-hybridized carbons (Fsp3) is 0.240. The Labute approximate surface area is 212 Å². The first-order valence-corrected chi connectivity index (χ1v) is 11.3. The molecule has 0 atom stereocenters. The minimum Gasteiger partial charge on any atom is -0.495 e. The molecule has 0 aliphatic heterocycles. The highest BCUT2D eigenvalue weighted by molar-refractivity contribution is 6.08. The molecule has 37 heavy (non-hydrogen) atoms. The minimum absolute atomic E-state index is 0.198. The third-order valence-corrected chi connectivity index (χ3v) is 5.26. The van der Waals surface area contributed by atoms with Crippen molar-refractivity contribution in [2.75, 3.05) is 23.5 Å². The predicted octanol–water partition coefficient (Wildman–Crippen LogP) is 4.02. The molecule has 3 aromatic heterocycles. The van der Waals surface area contributed by atoms with Crippen molar-refractivity contribution in [2.45, 2.75) is 33.0 Å². The zero-order valence-electron chi connectivity index (χ0n) is 20.8. The number of hydrogen-bond donors (Lipinski definition) is 4. The first-order valence-electron chi connectivity index (χ1n) is 11.3. The number of hydrogen-bond acceptors (Lipinski definition) is 7. The van der Waals surface area contributed by atoms with Gasteiger partial charge in [-0.05, 0) is 50.6 Å². The molecule has 5 N–H and O–H groups in total. The van der Waals surface area contributed by atoms with Crippen molar-refractivity contribution < 1.29 is 18.7 Å². The Morgan fingerprint density at radius 2 is 1.95 bits per heavy atom. The number of nitrogens with two attached hydrogens (primary N) is 1. The number of rotatable bonds is 6. The lowest BCUT2D eigenvalue weighted by atomic mass is 10.00. The number of carbonyl (C=O) groups excluding carboxylic acids is 2. The molecule has 0 unspecified atom stereocenters. The fourth-order valence-corrected chi connectivity index (χ4v) is 3.75. The molecule has 4 aromatic rings. The van der Waals surface area contributed by atoms with Crippen molar-refractivity contribution >= 4 is 34.8 Å². The second-order valence-electron chi connectivity index (χ2n) is 9.20. The first kappa shape index (κ1) is 25.4. The molecule has 12 heteroatoms. The van der Waals surface area contributed by atoms with Crippen LogP contribution in [0, 0.1) is 0 Å². The Kier molecular flexibility index (Phi) is 6.92. The van der Waals surface area contributed by atoms with Crippen molar-refractivity contribution in [3.05, 3.63) is 60.2 Å². The third kappa shape index (κ3) is 5.58. The van der Waals surface area contributed by atoms with Crippen LogP contribution in [0.4, 0.5) is 26.5 Å². The largest absolute Gasteiger partial charge is 0.495 e. The van der Waals surface area contributed by atoms with E-state index in [4.69, 9.17) is 10.5 Å². The van der Waals surface area contributed by atoms with Crippen molar-refractivity contribution in [1.29, 1.82) is 0 Å². The second-order valence-corrected chi connectivity index (χ2v) is 9.20. The molecule has 0 radical (unpaired) electrons. The van der Waals surface area contributed by atoms with Gasteiger partial charge in [-0.2, -0.15) is 5.10 Å². The number of nitrogens with zero attached hydrogens (tertiary/aromatic N) is 4. The quantitative estimate of drug-likeness (QED) is 0.309. The van der Waals surface area contributed by atoms with E-state index >= 15 is 0 Å². The lowest BCUT2D eigenvalue weighted by molar-refractivity contribution is 0.0920. The summed E-state index contributed by atoms with van der Waals surface area (Å²) in [6.45, 7) is 4.90. The van der Waals surface area contributed by atoms with E-state index in [0.29, 0.717) is 33.6 Å². The number of aromatic nitrogens is 4. The standard InChI is InChI=1S/C25H27FN8O3/c1-25(2,3)33-23(35)16-12-34-21(22(27)28-13-29-34)20(16)14-8-9-17(18(10-14)37-4)31-24(36)32-19-7-5-6-15(11-26)30-19/h5-10,12-13H,11H2,1-4H3,(H,33,35)(H2,27,28,29)(H2,30,31,32,36). The van der Waals surface area contributed by atoms with Gasteiger partial charge in [-0.25, -0.2) is 23.7 Å². The van der Waals surface area contributed by atoms with Gasteiger partial charge in [0.2, 0.25) is 0 Å². The molecule has 0 saturated heterocycles. The third-order valence-electron chi connectivity index (χ3n) is 5.26. The van der Waals surface area contributed by atoms with Gasteiger partial charge in [-0.1, -0.05) is 12.1 Å². The smallest absolute Gasteiger partial charge is 0.324 e. The maximum absolute atomic E-state index is 13.2. The van der Waals surface area contributed by atoms with Crippen LogP contribution in [0.2, 0.25) is 0 Å². The van der Waals surface area contributed by atoms with Gasteiger partial charge in [0.05, 0.1) is 24.1 Å². The highest BCUT2D eigenvalue weighted by Crippen LogP contribution is 2.37. The topological polar surface area (TPSA) is 149 Å². The summed E-state index contributed by atoms with van der Waals surface area (Å²) in [4.78, 5) is 33.8. The van der Waals surface area contributed by atoms with Crippen molar-refractivity contribution in [3.8, 4) is 16.9 Å². The van der Waals surface area contributed by atoms with E-state index in [0.717, 1.165) is 0 Å². The molecule has 3 amide bonds. The first-order chi connectivity index (χ1) is 17.6. The average Bonchev–Trinajstić information content (AvgIpc) is 3.24. The molecule has 0 bridgehead atoms. The summed E-state index contributed by atoms with van der Waals surface area (Å²) < 4.78 is 19.9. The summed E-state index contributed by atoms with van der Waals surface area (Å²) in [5.74, 6) is 0.419. The van der Waals surface area contributed by atoms with E-state index in [1.54, 1.807) is 36.5 Å². The summed E-state index contributed by atoms with van der Waals surface area (Å²) in [5, 5.41) is 12.4. The SMILES string of the molecule is COc1cc(-c2c(C(=O)NC(C)(C)C)cn3ncnc(N)c23)ccc1NC(=O)Nc1cccc(CF)n1. The Morgan fingerprint density at radius 3 is 2.65 bits per heavy atom. The number of benzene rings is 1. The van der Waals surface area contributed by atoms with Gasteiger partial charge in [0.1, 0.15) is 30.1 Å². The molecular weight excluding hydrogens is 479 g/mol. The normalized spacial score (nSPS) is 11.3.